The van der Waals surface area contributed by atoms with Crippen molar-refractivity contribution in [2.45, 2.75) is 38.6 Å². The minimum Gasteiger partial charge on any atom is -0.368 e. The Balaban J connectivity index is 3.29. The summed E-state index contributed by atoms with van der Waals surface area (Å²) in [6, 6.07) is 3.80. The van der Waals surface area contributed by atoms with Crippen LogP contribution in [0.3, 0.4) is 0 Å². The Kier molecular flexibility index (Phi) is 5.98. The number of likely N-dealkylation sites (tertiary alicyclic amines) is 1. The largest absolute Gasteiger partial charge is 0.368 e. The highest BCUT2D eigenvalue weighted by Gasteiger charge is 2.36. The summed E-state index contributed by atoms with van der Waals surface area (Å²) in [7, 11) is -0.728. The van der Waals surface area contributed by atoms with E-state index in [0.717, 1.165) is 25.8 Å². The molecule has 0 unspecified atom stereocenters. The van der Waals surface area contributed by atoms with E-state index in [1.807, 2.05) is 17.0 Å². The van der Waals surface area contributed by atoms with Crippen molar-refractivity contribution >= 4 is 7.60 Å². The first-order valence-corrected chi connectivity index (χ1v) is 8.58. The molecule has 1 aliphatic rings. The highest BCUT2D eigenvalue weighted by molar-refractivity contribution is 7.54. The lowest BCUT2D eigenvalue weighted by atomic mass is 9.89. The molecule has 1 heterocycles. The molecule has 1 saturated heterocycles. The number of nitrogens with zero attached hydrogens (tertiary/aromatic N) is 3. The van der Waals surface area contributed by atoms with Gasteiger partial charge in [0.15, 0.2) is 0 Å². The van der Waals surface area contributed by atoms with Gasteiger partial charge in [0, 0.05) is 26.3 Å². The standard InChI is InChI=1S/C14H22N3O3P/c1-14(2)7-5-6-8-17(14)13(12(9-15)10-16)11-21(18,19-3)20-4/h5-8,11H2,1-4H3. The Labute approximate surface area is 126 Å². The number of hydrogen-bond donors (Lipinski definition) is 0. The van der Waals surface area contributed by atoms with Gasteiger partial charge < -0.3 is 13.9 Å². The molecule has 1 fully saturated rings. The molecule has 0 aromatic rings. The minimum atomic E-state index is -3.34. The highest BCUT2D eigenvalue weighted by atomic mass is 31.2. The highest BCUT2D eigenvalue weighted by Crippen LogP contribution is 2.50. The molecule has 0 spiro atoms. The predicted molar refractivity (Wildman–Crippen MR) is 79.4 cm³/mol. The van der Waals surface area contributed by atoms with Crippen molar-refractivity contribution in [2.75, 3.05) is 26.9 Å². The summed E-state index contributed by atoms with van der Waals surface area (Å²) < 4.78 is 22.4. The number of piperidine rings is 1. The van der Waals surface area contributed by atoms with Gasteiger partial charge in [-0.2, -0.15) is 10.5 Å². The average Bonchev–Trinajstić information content (AvgIpc) is 2.47. The SMILES string of the molecule is COP(=O)(CC(=C(C#N)C#N)N1CCCCC1(C)C)OC. The molecule has 0 aromatic heterocycles. The van der Waals surface area contributed by atoms with Gasteiger partial charge in [0.2, 0.25) is 0 Å². The first kappa shape index (κ1) is 17.7. The lowest BCUT2D eigenvalue weighted by molar-refractivity contribution is 0.115. The molecule has 0 radical (unpaired) electrons. The van der Waals surface area contributed by atoms with E-state index in [1.54, 1.807) is 0 Å². The van der Waals surface area contributed by atoms with E-state index in [-0.39, 0.29) is 17.3 Å². The minimum absolute atomic E-state index is 0.0284. The summed E-state index contributed by atoms with van der Waals surface area (Å²) in [5, 5.41) is 18.4. The molecule has 0 atom stereocenters. The molecular weight excluding hydrogens is 289 g/mol. The summed E-state index contributed by atoms with van der Waals surface area (Å²) in [5.74, 6) is 0. The Morgan fingerprint density at radius 2 is 1.81 bits per heavy atom. The molecule has 1 aliphatic heterocycles. The van der Waals surface area contributed by atoms with Gasteiger partial charge in [0.05, 0.1) is 11.9 Å². The van der Waals surface area contributed by atoms with Gasteiger partial charge in [-0.1, -0.05) is 0 Å². The van der Waals surface area contributed by atoms with Gasteiger partial charge >= 0.3 is 7.60 Å². The molecule has 0 amide bonds. The second-order valence-electron chi connectivity index (χ2n) is 5.60. The van der Waals surface area contributed by atoms with Crippen LogP contribution in [0.15, 0.2) is 11.3 Å². The summed E-state index contributed by atoms with van der Waals surface area (Å²) in [6.45, 7) is 4.84. The van der Waals surface area contributed by atoms with Crippen LogP contribution in [0.4, 0.5) is 0 Å². The second kappa shape index (κ2) is 7.09. The predicted octanol–water partition coefficient (Wildman–Crippen LogP) is 3.04. The maximum Gasteiger partial charge on any atom is 0.336 e. The van der Waals surface area contributed by atoms with Gasteiger partial charge in [-0.05, 0) is 33.1 Å². The van der Waals surface area contributed by atoms with Gasteiger partial charge in [-0.15, -0.1) is 0 Å². The third-order valence-corrected chi connectivity index (χ3v) is 5.69. The summed E-state index contributed by atoms with van der Waals surface area (Å²) in [4.78, 5) is 2.00. The molecule has 0 aromatic carbocycles. The lowest BCUT2D eigenvalue weighted by Gasteiger charge is -2.45. The Bertz CT molecular complexity index is 519. The van der Waals surface area contributed by atoms with E-state index in [2.05, 4.69) is 13.8 Å². The van der Waals surface area contributed by atoms with Crippen molar-refractivity contribution < 1.29 is 13.6 Å². The number of hydrogen-bond acceptors (Lipinski definition) is 6. The van der Waals surface area contributed by atoms with E-state index in [4.69, 9.17) is 9.05 Å². The van der Waals surface area contributed by atoms with E-state index >= 15 is 0 Å². The van der Waals surface area contributed by atoms with Crippen LogP contribution in [-0.2, 0) is 13.6 Å². The van der Waals surface area contributed by atoms with Gasteiger partial charge in [0.25, 0.3) is 0 Å². The third kappa shape index (κ3) is 4.08. The smallest absolute Gasteiger partial charge is 0.336 e. The Morgan fingerprint density at radius 1 is 1.24 bits per heavy atom. The van der Waals surface area contributed by atoms with Crippen LogP contribution < -0.4 is 0 Å². The molecule has 7 heteroatoms. The second-order valence-corrected chi connectivity index (χ2v) is 7.87. The van der Waals surface area contributed by atoms with Crippen molar-refractivity contribution in [1.82, 2.24) is 4.90 Å². The normalized spacial score (nSPS) is 17.7. The van der Waals surface area contributed by atoms with Crippen LogP contribution >= 0.6 is 7.60 Å². The van der Waals surface area contributed by atoms with Crippen LogP contribution in [0.5, 0.6) is 0 Å². The molecule has 0 bridgehead atoms. The maximum absolute atomic E-state index is 12.4. The quantitative estimate of drug-likeness (QED) is 0.573. The van der Waals surface area contributed by atoms with Crippen LogP contribution in [-0.4, -0.2) is 37.4 Å². The first-order valence-electron chi connectivity index (χ1n) is 6.85. The van der Waals surface area contributed by atoms with Gasteiger partial charge in [-0.25, -0.2) is 0 Å². The zero-order valence-electron chi connectivity index (χ0n) is 13.0. The summed E-state index contributed by atoms with van der Waals surface area (Å²) >= 11 is 0. The topological polar surface area (TPSA) is 86.3 Å². The van der Waals surface area contributed by atoms with Crippen molar-refractivity contribution in [3.8, 4) is 12.1 Å². The third-order valence-electron chi connectivity index (χ3n) is 3.89. The molecule has 21 heavy (non-hydrogen) atoms. The van der Waals surface area contributed by atoms with E-state index in [9.17, 15) is 15.1 Å². The maximum atomic E-state index is 12.4. The zero-order valence-corrected chi connectivity index (χ0v) is 13.9. The zero-order chi connectivity index (χ0) is 16.1. The van der Waals surface area contributed by atoms with E-state index in [1.165, 1.54) is 14.2 Å². The Morgan fingerprint density at radius 3 is 2.24 bits per heavy atom. The molecule has 1 rings (SSSR count). The molecule has 0 aliphatic carbocycles. The summed E-state index contributed by atoms with van der Waals surface area (Å²) in [6.07, 6.45) is 2.95. The van der Waals surface area contributed by atoms with Gasteiger partial charge in [-0.3, -0.25) is 4.57 Å². The van der Waals surface area contributed by atoms with Crippen LogP contribution in [0.25, 0.3) is 0 Å². The molecule has 0 saturated carbocycles. The molecular formula is C14H22N3O3P. The van der Waals surface area contributed by atoms with E-state index < -0.39 is 7.60 Å². The van der Waals surface area contributed by atoms with Crippen molar-refractivity contribution in [3.63, 3.8) is 0 Å². The first-order chi connectivity index (χ1) is 9.83. The molecule has 116 valence electrons. The number of nitriles is 2. The van der Waals surface area contributed by atoms with Gasteiger partial charge in [0.1, 0.15) is 17.7 Å². The van der Waals surface area contributed by atoms with Crippen molar-refractivity contribution in [2.24, 2.45) is 0 Å². The van der Waals surface area contributed by atoms with Crippen molar-refractivity contribution in [3.05, 3.63) is 11.3 Å². The number of allylic oxidation sites excluding steroid dienone is 2. The van der Waals surface area contributed by atoms with Crippen LogP contribution in [0, 0.1) is 22.7 Å². The Hall–Kier alpha value is -1.33. The van der Waals surface area contributed by atoms with Crippen molar-refractivity contribution in [1.29, 1.82) is 10.5 Å². The molecule has 0 N–H and O–H groups in total. The summed E-state index contributed by atoms with van der Waals surface area (Å²) in [5.41, 5.74) is 0.231. The molecule has 6 nitrogen and oxygen atoms in total. The fraction of sp³-hybridized carbons (Fsp3) is 0.714. The monoisotopic (exact) mass is 311 g/mol. The van der Waals surface area contributed by atoms with E-state index in [0.29, 0.717) is 5.70 Å². The number of rotatable bonds is 5. The average molecular weight is 311 g/mol. The van der Waals surface area contributed by atoms with Crippen LogP contribution in [0.1, 0.15) is 33.1 Å². The fourth-order valence-electron chi connectivity index (χ4n) is 2.61. The fourth-order valence-corrected chi connectivity index (χ4v) is 3.71. The van der Waals surface area contributed by atoms with Crippen LogP contribution in [0.2, 0.25) is 0 Å². The lowest BCUT2D eigenvalue weighted by Crippen LogP contribution is -2.47.